The molecule has 0 aliphatic heterocycles. The second-order valence-corrected chi connectivity index (χ2v) is 5.24. The van der Waals surface area contributed by atoms with Crippen molar-refractivity contribution >= 4 is 22.6 Å². The van der Waals surface area contributed by atoms with Crippen molar-refractivity contribution in [3.63, 3.8) is 0 Å². The summed E-state index contributed by atoms with van der Waals surface area (Å²) < 4.78 is 0. The molecule has 20 heavy (non-hydrogen) atoms. The van der Waals surface area contributed by atoms with Crippen molar-refractivity contribution in [3.05, 3.63) is 36.0 Å². The van der Waals surface area contributed by atoms with Crippen LogP contribution in [-0.4, -0.2) is 29.7 Å². The van der Waals surface area contributed by atoms with Crippen molar-refractivity contribution in [2.75, 3.05) is 18.5 Å². The predicted octanol–water partition coefficient (Wildman–Crippen LogP) is 3.42. The van der Waals surface area contributed by atoms with Gasteiger partial charge < -0.3 is 10.0 Å². The van der Waals surface area contributed by atoms with Crippen molar-refractivity contribution in [1.82, 2.24) is 4.98 Å². The maximum Gasteiger partial charge on any atom is 0.337 e. The first kappa shape index (κ1) is 14.3. The monoisotopic (exact) mass is 272 g/mol. The lowest BCUT2D eigenvalue weighted by Gasteiger charge is -2.23. The summed E-state index contributed by atoms with van der Waals surface area (Å²) in [6, 6.07) is 7.53. The third-order valence-electron chi connectivity index (χ3n) is 3.65. The first-order chi connectivity index (χ1) is 9.54. The quantitative estimate of drug-likeness (QED) is 0.906. The van der Waals surface area contributed by atoms with Gasteiger partial charge in [-0.2, -0.15) is 0 Å². The molecular formula is C16H20N2O2. The number of hydrogen-bond donors (Lipinski definition) is 1. The Balaban J connectivity index is 2.50. The highest BCUT2D eigenvalue weighted by Crippen LogP contribution is 2.27. The van der Waals surface area contributed by atoms with Crippen LogP contribution < -0.4 is 4.90 Å². The van der Waals surface area contributed by atoms with E-state index in [1.807, 2.05) is 31.3 Å². The fourth-order valence-electron chi connectivity index (χ4n) is 2.34. The van der Waals surface area contributed by atoms with E-state index < -0.39 is 5.97 Å². The maximum atomic E-state index is 11.3. The number of aromatic carboxylic acids is 1. The van der Waals surface area contributed by atoms with Crippen molar-refractivity contribution in [2.45, 2.75) is 20.3 Å². The van der Waals surface area contributed by atoms with Crippen LogP contribution in [0.1, 0.15) is 30.6 Å². The van der Waals surface area contributed by atoms with Gasteiger partial charge in [-0.3, -0.25) is 0 Å². The van der Waals surface area contributed by atoms with Crippen LogP contribution in [0, 0.1) is 5.92 Å². The minimum atomic E-state index is -0.940. The second kappa shape index (κ2) is 5.90. The number of carboxylic acid groups (broad SMARTS) is 1. The molecule has 1 heterocycles. The highest BCUT2D eigenvalue weighted by atomic mass is 16.4. The van der Waals surface area contributed by atoms with E-state index in [2.05, 4.69) is 23.7 Å². The summed E-state index contributed by atoms with van der Waals surface area (Å²) >= 11 is 0. The average Bonchev–Trinajstić information content (AvgIpc) is 2.45. The first-order valence-corrected chi connectivity index (χ1v) is 6.86. The Morgan fingerprint density at radius 2 is 2.00 bits per heavy atom. The average molecular weight is 272 g/mol. The van der Waals surface area contributed by atoms with E-state index in [1.165, 1.54) is 6.20 Å². The summed E-state index contributed by atoms with van der Waals surface area (Å²) in [4.78, 5) is 17.7. The molecule has 0 bridgehead atoms. The minimum absolute atomic E-state index is 0.251. The molecule has 4 nitrogen and oxygen atoms in total. The molecule has 0 saturated heterocycles. The molecule has 1 atom stereocenters. The zero-order valence-corrected chi connectivity index (χ0v) is 12.1. The lowest BCUT2D eigenvalue weighted by molar-refractivity contribution is 0.0698. The van der Waals surface area contributed by atoms with E-state index >= 15 is 0 Å². The van der Waals surface area contributed by atoms with E-state index in [1.54, 1.807) is 0 Å². The number of fused-ring (bicyclic) bond motifs is 1. The molecule has 2 aromatic rings. The van der Waals surface area contributed by atoms with E-state index in [0.717, 1.165) is 29.6 Å². The van der Waals surface area contributed by atoms with Gasteiger partial charge in [-0.05, 0) is 5.92 Å². The molecule has 0 saturated carbocycles. The number of nitrogens with zero attached hydrogens (tertiary/aromatic N) is 2. The zero-order valence-electron chi connectivity index (χ0n) is 12.1. The number of rotatable bonds is 5. The SMILES string of the molecule is CCC(C)CN(C)c1ncc(C(=O)O)c2ccccc12. The van der Waals surface area contributed by atoms with Crippen LogP contribution >= 0.6 is 0 Å². The number of pyridine rings is 1. The van der Waals surface area contributed by atoms with Gasteiger partial charge >= 0.3 is 5.97 Å². The van der Waals surface area contributed by atoms with E-state index in [9.17, 15) is 9.90 Å². The predicted molar refractivity (Wildman–Crippen MR) is 81.4 cm³/mol. The number of aromatic nitrogens is 1. The highest BCUT2D eigenvalue weighted by molar-refractivity contribution is 6.06. The van der Waals surface area contributed by atoms with Crippen LogP contribution in [0.5, 0.6) is 0 Å². The van der Waals surface area contributed by atoms with E-state index in [4.69, 9.17) is 0 Å². The summed E-state index contributed by atoms with van der Waals surface area (Å²) in [5.41, 5.74) is 0.251. The Kier molecular flexibility index (Phi) is 4.23. The number of hydrogen-bond acceptors (Lipinski definition) is 3. The molecule has 1 unspecified atom stereocenters. The second-order valence-electron chi connectivity index (χ2n) is 5.24. The molecule has 0 fully saturated rings. The summed E-state index contributed by atoms with van der Waals surface area (Å²) in [5, 5.41) is 10.9. The highest BCUT2D eigenvalue weighted by Gasteiger charge is 2.15. The number of anilines is 1. The molecule has 106 valence electrons. The Bertz CT molecular complexity index is 625. The van der Waals surface area contributed by atoms with Crippen molar-refractivity contribution in [1.29, 1.82) is 0 Å². The summed E-state index contributed by atoms with van der Waals surface area (Å²) in [7, 11) is 2.00. The molecular weight excluding hydrogens is 252 g/mol. The van der Waals surface area contributed by atoms with Crippen molar-refractivity contribution < 1.29 is 9.90 Å². The Morgan fingerprint density at radius 3 is 2.60 bits per heavy atom. The summed E-state index contributed by atoms with van der Waals surface area (Å²) in [5.74, 6) is 0.468. The van der Waals surface area contributed by atoms with Gasteiger partial charge in [-0.15, -0.1) is 0 Å². The molecule has 4 heteroatoms. The van der Waals surface area contributed by atoms with E-state index in [-0.39, 0.29) is 5.56 Å². The van der Waals surface area contributed by atoms with Crippen LogP contribution in [0.25, 0.3) is 10.8 Å². The standard InChI is InChI=1S/C16H20N2O2/c1-4-11(2)10-18(3)15-13-8-6-5-7-12(13)14(9-17-15)16(19)20/h5-9,11H,4,10H2,1-3H3,(H,19,20). The zero-order chi connectivity index (χ0) is 14.7. The Morgan fingerprint density at radius 1 is 1.35 bits per heavy atom. The van der Waals surface area contributed by atoms with Crippen LogP contribution in [0.2, 0.25) is 0 Å². The van der Waals surface area contributed by atoms with Crippen LogP contribution in [0.4, 0.5) is 5.82 Å². The Hall–Kier alpha value is -2.10. The van der Waals surface area contributed by atoms with Gasteiger partial charge in [0.25, 0.3) is 0 Å². The fourth-order valence-corrected chi connectivity index (χ4v) is 2.34. The summed E-state index contributed by atoms with van der Waals surface area (Å²) in [6.45, 7) is 5.27. The van der Waals surface area contributed by atoms with Crippen LogP contribution in [-0.2, 0) is 0 Å². The molecule has 0 aliphatic carbocycles. The number of carboxylic acids is 1. The molecule has 1 aromatic heterocycles. The van der Waals surface area contributed by atoms with Crippen molar-refractivity contribution in [3.8, 4) is 0 Å². The largest absolute Gasteiger partial charge is 0.478 e. The van der Waals surface area contributed by atoms with Gasteiger partial charge in [0.1, 0.15) is 5.82 Å². The molecule has 2 rings (SSSR count). The molecule has 1 N–H and O–H groups in total. The van der Waals surface area contributed by atoms with E-state index in [0.29, 0.717) is 5.92 Å². The topological polar surface area (TPSA) is 53.4 Å². The summed E-state index contributed by atoms with van der Waals surface area (Å²) in [6.07, 6.45) is 2.56. The third-order valence-corrected chi connectivity index (χ3v) is 3.65. The third kappa shape index (κ3) is 2.74. The lowest BCUT2D eigenvalue weighted by Crippen LogP contribution is -2.25. The van der Waals surface area contributed by atoms with Crippen molar-refractivity contribution in [2.24, 2.45) is 5.92 Å². The fraction of sp³-hybridized carbons (Fsp3) is 0.375. The van der Waals surface area contributed by atoms with Gasteiger partial charge in [0.05, 0.1) is 5.56 Å². The van der Waals surface area contributed by atoms with Gasteiger partial charge in [0, 0.05) is 30.6 Å². The normalized spacial score (nSPS) is 12.3. The van der Waals surface area contributed by atoms with Gasteiger partial charge in [0.2, 0.25) is 0 Å². The number of benzene rings is 1. The molecule has 1 aromatic carbocycles. The maximum absolute atomic E-state index is 11.3. The minimum Gasteiger partial charge on any atom is -0.478 e. The van der Waals surface area contributed by atoms with Gasteiger partial charge in [-0.25, -0.2) is 9.78 Å². The van der Waals surface area contributed by atoms with Crippen LogP contribution in [0.15, 0.2) is 30.5 Å². The molecule has 0 radical (unpaired) electrons. The molecule has 0 aliphatic rings. The number of carbonyl (C=O) groups is 1. The lowest BCUT2D eigenvalue weighted by atomic mass is 10.1. The van der Waals surface area contributed by atoms with Crippen LogP contribution in [0.3, 0.4) is 0 Å². The Labute approximate surface area is 119 Å². The van der Waals surface area contributed by atoms with Gasteiger partial charge in [-0.1, -0.05) is 44.5 Å². The van der Waals surface area contributed by atoms with Gasteiger partial charge in [0.15, 0.2) is 0 Å². The molecule has 0 amide bonds. The smallest absolute Gasteiger partial charge is 0.337 e. The first-order valence-electron chi connectivity index (χ1n) is 6.86. The molecule has 0 spiro atoms.